The van der Waals surface area contributed by atoms with Crippen molar-refractivity contribution in [3.63, 3.8) is 0 Å². The molecule has 4 rings (SSSR count). The van der Waals surface area contributed by atoms with Crippen LogP contribution in [0.1, 0.15) is 36.0 Å². The standard InChI is InChI=1S/C33H43NO6/c1-35-33-32(39-24-28-18-10-4-11-19-28)31(38-23-27-16-8-3-9-17-27)30(37-22-26-14-6-2-7-15-26)29(40-33)25-36-21-13-5-12-20-34/h2-4,6-11,14-19,29-33H,5,12-13,20-25,34H2,1H3/t29-,30-,31+,32-,33+/m1/s1. The van der Waals surface area contributed by atoms with Gasteiger partial charge in [-0.1, -0.05) is 91.0 Å². The van der Waals surface area contributed by atoms with Gasteiger partial charge in [-0.15, -0.1) is 0 Å². The van der Waals surface area contributed by atoms with Gasteiger partial charge in [0.2, 0.25) is 0 Å². The van der Waals surface area contributed by atoms with Gasteiger partial charge >= 0.3 is 0 Å². The van der Waals surface area contributed by atoms with Gasteiger partial charge in [0.1, 0.15) is 24.4 Å². The van der Waals surface area contributed by atoms with E-state index in [0.717, 1.165) is 36.0 Å². The summed E-state index contributed by atoms with van der Waals surface area (Å²) in [6.45, 7) is 2.90. The van der Waals surface area contributed by atoms with E-state index in [2.05, 4.69) is 12.1 Å². The zero-order valence-electron chi connectivity index (χ0n) is 23.4. The lowest BCUT2D eigenvalue weighted by Gasteiger charge is -2.45. The fourth-order valence-electron chi connectivity index (χ4n) is 4.79. The van der Waals surface area contributed by atoms with E-state index in [1.807, 2.05) is 78.9 Å². The van der Waals surface area contributed by atoms with E-state index in [4.69, 9.17) is 34.2 Å². The zero-order chi connectivity index (χ0) is 27.8. The Morgan fingerprint density at radius 3 is 1.62 bits per heavy atom. The molecule has 1 heterocycles. The van der Waals surface area contributed by atoms with E-state index in [9.17, 15) is 0 Å². The summed E-state index contributed by atoms with van der Waals surface area (Å²) in [5, 5.41) is 0. The van der Waals surface area contributed by atoms with Crippen molar-refractivity contribution in [3.05, 3.63) is 108 Å². The first-order valence-corrected chi connectivity index (χ1v) is 14.2. The van der Waals surface area contributed by atoms with Crippen LogP contribution >= 0.6 is 0 Å². The highest BCUT2D eigenvalue weighted by atomic mass is 16.7. The average Bonchev–Trinajstić information content (AvgIpc) is 3.01. The Bertz CT molecular complexity index is 1050. The summed E-state index contributed by atoms with van der Waals surface area (Å²) in [6, 6.07) is 30.3. The van der Waals surface area contributed by atoms with Crippen LogP contribution in [-0.2, 0) is 48.2 Å². The highest BCUT2D eigenvalue weighted by molar-refractivity contribution is 5.15. The Labute approximate surface area is 238 Å². The normalized spacial score (nSPS) is 22.8. The third-order valence-electron chi connectivity index (χ3n) is 6.95. The molecule has 1 saturated heterocycles. The molecule has 40 heavy (non-hydrogen) atoms. The van der Waals surface area contributed by atoms with Gasteiger partial charge in [0.25, 0.3) is 0 Å². The van der Waals surface area contributed by atoms with Gasteiger partial charge in [0.15, 0.2) is 6.29 Å². The molecule has 2 N–H and O–H groups in total. The van der Waals surface area contributed by atoms with Gasteiger partial charge in [0, 0.05) is 13.7 Å². The summed E-state index contributed by atoms with van der Waals surface area (Å²) in [5.74, 6) is 0. The van der Waals surface area contributed by atoms with Gasteiger partial charge < -0.3 is 34.2 Å². The topological polar surface area (TPSA) is 81.4 Å². The van der Waals surface area contributed by atoms with E-state index in [0.29, 0.717) is 39.6 Å². The second-order valence-electron chi connectivity index (χ2n) is 9.99. The molecule has 7 nitrogen and oxygen atoms in total. The molecule has 0 spiro atoms. The van der Waals surface area contributed by atoms with Crippen molar-refractivity contribution in [2.75, 3.05) is 26.9 Å². The smallest absolute Gasteiger partial charge is 0.186 e. The molecule has 0 unspecified atom stereocenters. The van der Waals surface area contributed by atoms with Crippen molar-refractivity contribution in [1.29, 1.82) is 0 Å². The summed E-state index contributed by atoms with van der Waals surface area (Å²) in [4.78, 5) is 0. The lowest BCUT2D eigenvalue weighted by molar-refractivity contribution is -0.323. The quantitative estimate of drug-likeness (QED) is 0.230. The molecule has 0 amide bonds. The Kier molecular flexibility index (Phi) is 13.1. The van der Waals surface area contributed by atoms with Gasteiger partial charge in [-0.2, -0.15) is 0 Å². The summed E-state index contributed by atoms with van der Waals surface area (Å²) >= 11 is 0. The Morgan fingerprint density at radius 2 is 1.12 bits per heavy atom. The molecule has 0 aromatic heterocycles. The van der Waals surface area contributed by atoms with Gasteiger partial charge in [-0.05, 0) is 42.5 Å². The largest absolute Gasteiger partial charge is 0.379 e. The maximum Gasteiger partial charge on any atom is 0.186 e. The monoisotopic (exact) mass is 549 g/mol. The van der Waals surface area contributed by atoms with Crippen LogP contribution < -0.4 is 5.73 Å². The Hall–Kier alpha value is -2.62. The van der Waals surface area contributed by atoms with E-state index >= 15 is 0 Å². The summed E-state index contributed by atoms with van der Waals surface area (Å²) < 4.78 is 38.0. The maximum absolute atomic E-state index is 6.61. The van der Waals surface area contributed by atoms with Crippen LogP contribution in [0.2, 0.25) is 0 Å². The zero-order valence-corrected chi connectivity index (χ0v) is 23.4. The molecule has 5 atom stereocenters. The molecule has 1 fully saturated rings. The average molecular weight is 550 g/mol. The molecule has 0 bridgehead atoms. The van der Waals surface area contributed by atoms with Crippen molar-refractivity contribution in [3.8, 4) is 0 Å². The van der Waals surface area contributed by atoms with E-state index < -0.39 is 30.7 Å². The van der Waals surface area contributed by atoms with Crippen molar-refractivity contribution < 1.29 is 28.4 Å². The first kappa shape index (κ1) is 30.3. The molecule has 3 aromatic carbocycles. The van der Waals surface area contributed by atoms with Crippen LogP contribution in [0.3, 0.4) is 0 Å². The third kappa shape index (κ3) is 9.49. The predicted molar refractivity (Wildman–Crippen MR) is 154 cm³/mol. The van der Waals surface area contributed by atoms with Crippen molar-refractivity contribution in [2.45, 2.75) is 69.8 Å². The van der Waals surface area contributed by atoms with Gasteiger partial charge in [-0.25, -0.2) is 0 Å². The Morgan fingerprint density at radius 1 is 0.625 bits per heavy atom. The summed E-state index contributed by atoms with van der Waals surface area (Å²) in [7, 11) is 1.63. The van der Waals surface area contributed by atoms with E-state index in [1.54, 1.807) is 7.11 Å². The molecule has 1 aliphatic rings. The van der Waals surface area contributed by atoms with E-state index in [1.165, 1.54) is 0 Å². The van der Waals surface area contributed by atoms with Crippen LogP contribution in [0, 0.1) is 0 Å². The van der Waals surface area contributed by atoms with Crippen LogP contribution in [0.5, 0.6) is 0 Å². The minimum atomic E-state index is -0.646. The SMILES string of the molecule is CO[C@H]1O[C@H](COCCCCCN)[C@@H](OCc2ccccc2)[C@H](OCc2ccccc2)[C@H]1OCc1ccccc1. The minimum absolute atomic E-state index is 0.360. The first-order valence-electron chi connectivity index (χ1n) is 14.2. The lowest BCUT2D eigenvalue weighted by Crippen LogP contribution is -2.61. The maximum atomic E-state index is 6.61. The van der Waals surface area contributed by atoms with Gasteiger partial charge in [0.05, 0.1) is 26.4 Å². The van der Waals surface area contributed by atoms with Crippen LogP contribution in [0.25, 0.3) is 0 Å². The molecular formula is C33H43NO6. The van der Waals surface area contributed by atoms with Crippen molar-refractivity contribution >= 4 is 0 Å². The fourth-order valence-corrected chi connectivity index (χ4v) is 4.79. The molecule has 216 valence electrons. The fraction of sp³-hybridized carbons (Fsp3) is 0.455. The number of benzene rings is 3. The number of methoxy groups -OCH3 is 1. The summed E-state index contributed by atoms with van der Waals surface area (Å²) in [6.07, 6.45) is 0.507. The molecule has 0 aliphatic carbocycles. The number of hydrogen-bond donors (Lipinski definition) is 1. The molecule has 3 aromatic rings. The second-order valence-corrected chi connectivity index (χ2v) is 9.99. The third-order valence-corrected chi connectivity index (χ3v) is 6.95. The second kappa shape index (κ2) is 17.3. The molecule has 0 radical (unpaired) electrons. The highest BCUT2D eigenvalue weighted by Gasteiger charge is 2.48. The molecule has 0 saturated carbocycles. The minimum Gasteiger partial charge on any atom is -0.379 e. The Balaban J connectivity index is 1.54. The number of hydrogen-bond acceptors (Lipinski definition) is 7. The number of nitrogens with two attached hydrogens (primary N) is 1. The van der Waals surface area contributed by atoms with Crippen molar-refractivity contribution in [2.24, 2.45) is 5.73 Å². The first-order chi connectivity index (χ1) is 19.8. The molecular weight excluding hydrogens is 506 g/mol. The van der Waals surface area contributed by atoms with Gasteiger partial charge in [-0.3, -0.25) is 0 Å². The summed E-state index contributed by atoms with van der Waals surface area (Å²) in [5.41, 5.74) is 8.83. The molecule has 1 aliphatic heterocycles. The van der Waals surface area contributed by atoms with Crippen LogP contribution in [0.4, 0.5) is 0 Å². The molecule has 7 heteroatoms. The lowest BCUT2D eigenvalue weighted by atomic mass is 9.97. The highest BCUT2D eigenvalue weighted by Crippen LogP contribution is 2.31. The predicted octanol–water partition coefficient (Wildman–Crippen LogP) is 5.26. The number of unbranched alkanes of at least 4 members (excludes halogenated alkanes) is 2. The number of ether oxygens (including phenoxy) is 6. The van der Waals surface area contributed by atoms with E-state index in [-0.39, 0.29) is 0 Å². The van der Waals surface area contributed by atoms with Crippen molar-refractivity contribution in [1.82, 2.24) is 0 Å². The number of rotatable bonds is 17. The van der Waals surface area contributed by atoms with Crippen LogP contribution in [0.15, 0.2) is 91.0 Å². The van der Waals surface area contributed by atoms with Crippen LogP contribution in [-0.4, -0.2) is 57.6 Å².